The largest absolute Gasteiger partial charge is 0.493 e. The summed E-state index contributed by atoms with van der Waals surface area (Å²) in [6.07, 6.45) is 2.27. The number of hydrogen-bond donors (Lipinski definition) is 0. The summed E-state index contributed by atoms with van der Waals surface area (Å²) in [5.41, 5.74) is 2.93. The van der Waals surface area contributed by atoms with E-state index in [-0.39, 0.29) is 17.2 Å². The molecule has 0 atom stereocenters. The van der Waals surface area contributed by atoms with Crippen LogP contribution in [0, 0.1) is 11.3 Å². The Balaban J connectivity index is 1.57. The molecule has 4 rings (SSSR count). The standard InChI is InChI=1S/C26H20N2O4/c1-31-24-16-18(11-12-23(24)32-26(30)20-8-3-2-4-9-20)15-21(17-27)25(29)28-14-13-19-7-5-6-10-22(19)28/h2-12,15-16H,13-14H2,1H3/b21-15+. The number of ether oxygens (including phenoxy) is 2. The van der Waals surface area contributed by atoms with Crippen molar-refractivity contribution in [3.05, 3.63) is 95.1 Å². The first kappa shape index (κ1) is 20.9. The number of methoxy groups -OCH3 is 1. The van der Waals surface area contributed by atoms with Gasteiger partial charge in [-0.1, -0.05) is 42.5 Å². The third-order valence-electron chi connectivity index (χ3n) is 5.19. The SMILES string of the molecule is COc1cc(/C=C(\C#N)C(=O)N2CCc3ccccc32)ccc1OC(=O)c1ccccc1. The van der Waals surface area contributed by atoms with Gasteiger partial charge < -0.3 is 14.4 Å². The number of carbonyl (C=O) groups excluding carboxylic acids is 2. The van der Waals surface area contributed by atoms with Gasteiger partial charge in [-0.15, -0.1) is 0 Å². The molecule has 0 unspecified atom stereocenters. The second-order valence-electron chi connectivity index (χ2n) is 7.17. The van der Waals surface area contributed by atoms with Crippen LogP contribution in [0.2, 0.25) is 0 Å². The summed E-state index contributed by atoms with van der Waals surface area (Å²) in [7, 11) is 1.46. The van der Waals surface area contributed by atoms with Gasteiger partial charge in [0.1, 0.15) is 11.6 Å². The first-order chi connectivity index (χ1) is 15.6. The summed E-state index contributed by atoms with van der Waals surface area (Å²) in [6.45, 7) is 0.537. The van der Waals surface area contributed by atoms with Crippen LogP contribution in [0.3, 0.4) is 0 Å². The molecule has 32 heavy (non-hydrogen) atoms. The Bertz CT molecular complexity index is 1240. The molecule has 1 aliphatic heterocycles. The second kappa shape index (κ2) is 9.19. The number of anilines is 1. The van der Waals surface area contributed by atoms with E-state index in [9.17, 15) is 14.9 Å². The monoisotopic (exact) mass is 424 g/mol. The van der Waals surface area contributed by atoms with E-state index in [0.29, 0.717) is 23.4 Å². The predicted molar refractivity (Wildman–Crippen MR) is 120 cm³/mol. The summed E-state index contributed by atoms with van der Waals surface area (Å²) >= 11 is 0. The number of amides is 1. The van der Waals surface area contributed by atoms with Crippen LogP contribution >= 0.6 is 0 Å². The minimum Gasteiger partial charge on any atom is -0.493 e. The van der Waals surface area contributed by atoms with E-state index in [1.165, 1.54) is 13.2 Å². The fraction of sp³-hybridized carbons (Fsp3) is 0.115. The van der Waals surface area contributed by atoms with Gasteiger partial charge in [0, 0.05) is 12.2 Å². The topological polar surface area (TPSA) is 79.6 Å². The first-order valence-electron chi connectivity index (χ1n) is 10.1. The van der Waals surface area contributed by atoms with Gasteiger partial charge in [-0.3, -0.25) is 4.79 Å². The number of rotatable bonds is 5. The average molecular weight is 424 g/mol. The van der Waals surface area contributed by atoms with Crippen molar-refractivity contribution in [2.45, 2.75) is 6.42 Å². The van der Waals surface area contributed by atoms with Crippen LogP contribution in [0.15, 0.2) is 78.4 Å². The molecule has 3 aromatic carbocycles. The van der Waals surface area contributed by atoms with E-state index < -0.39 is 5.97 Å². The number of fused-ring (bicyclic) bond motifs is 1. The third-order valence-corrected chi connectivity index (χ3v) is 5.19. The molecule has 158 valence electrons. The molecule has 0 bridgehead atoms. The number of nitriles is 1. The fourth-order valence-electron chi connectivity index (χ4n) is 3.59. The lowest BCUT2D eigenvalue weighted by molar-refractivity contribution is -0.114. The lowest BCUT2D eigenvalue weighted by atomic mass is 10.1. The summed E-state index contributed by atoms with van der Waals surface area (Å²) < 4.78 is 10.8. The van der Waals surface area contributed by atoms with Crippen molar-refractivity contribution in [3.63, 3.8) is 0 Å². The maximum atomic E-state index is 13.0. The molecule has 0 aromatic heterocycles. The molecule has 0 spiro atoms. The highest BCUT2D eigenvalue weighted by Gasteiger charge is 2.26. The van der Waals surface area contributed by atoms with Crippen molar-refractivity contribution >= 4 is 23.6 Å². The summed E-state index contributed by atoms with van der Waals surface area (Å²) in [5, 5.41) is 9.63. The minimum absolute atomic E-state index is 0.0118. The Hall–Kier alpha value is -4.37. The Morgan fingerprint density at radius 2 is 1.75 bits per heavy atom. The zero-order valence-electron chi connectivity index (χ0n) is 17.4. The van der Waals surface area contributed by atoms with Crippen LogP contribution in [0.5, 0.6) is 11.5 Å². The van der Waals surface area contributed by atoms with Crippen molar-refractivity contribution < 1.29 is 19.1 Å². The Morgan fingerprint density at radius 3 is 2.50 bits per heavy atom. The number of carbonyl (C=O) groups is 2. The van der Waals surface area contributed by atoms with E-state index in [1.54, 1.807) is 47.4 Å². The van der Waals surface area contributed by atoms with Crippen molar-refractivity contribution in [1.82, 2.24) is 0 Å². The molecule has 6 heteroatoms. The van der Waals surface area contributed by atoms with Crippen LogP contribution in [0.4, 0.5) is 5.69 Å². The molecule has 3 aromatic rings. The summed E-state index contributed by atoms with van der Waals surface area (Å²) in [4.78, 5) is 27.0. The average Bonchev–Trinajstić information content (AvgIpc) is 3.27. The summed E-state index contributed by atoms with van der Waals surface area (Å²) in [5.74, 6) is -0.292. The maximum absolute atomic E-state index is 13.0. The Kier molecular flexibility index (Phi) is 6.00. The highest BCUT2D eigenvalue weighted by molar-refractivity contribution is 6.12. The fourth-order valence-corrected chi connectivity index (χ4v) is 3.59. The molecule has 0 fully saturated rings. The smallest absolute Gasteiger partial charge is 0.343 e. The lowest BCUT2D eigenvalue weighted by Crippen LogP contribution is -2.29. The molecule has 1 heterocycles. The molecule has 1 amide bonds. The number of nitrogens with zero attached hydrogens (tertiary/aromatic N) is 2. The van der Waals surface area contributed by atoms with E-state index in [4.69, 9.17) is 9.47 Å². The molecule has 1 aliphatic rings. The van der Waals surface area contributed by atoms with Gasteiger partial charge in [-0.25, -0.2) is 4.79 Å². The first-order valence-corrected chi connectivity index (χ1v) is 10.1. The molecular weight excluding hydrogens is 404 g/mol. The van der Waals surface area contributed by atoms with Gasteiger partial charge >= 0.3 is 5.97 Å². The van der Waals surface area contributed by atoms with Crippen LogP contribution in [0.1, 0.15) is 21.5 Å². The molecule has 6 nitrogen and oxygen atoms in total. The van der Waals surface area contributed by atoms with Crippen LogP contribution < -0.4 is 14.4 Å². The minimum atomic E-state index is -0.507. The highest BCUT2D eigenvalue weighted by atomic mass is 16.6. The molecule has 0 radical (unpaired) electrons. The van der Waals surface area contributed by atoms with Gasteiger partial charge in [-0.2, -0.15) is 5.26 Å². The van der Waals surface area contributed by atoms with Gasteiger partial charge in [0.05, 0.1) is 12.7 Å². The van der Waals surface area contributed by atoms with E-state index in [2.05, 4.69) is 0 Å². The number of benzene rings is 3. The van der Waals surface area contributed by atoms with E-state index >= 15 is 0 Å². The van der Waals surface area contributed by atoms with Gasteiger partial charge in [0.2, 0.25) is 0 Å². The predicted octanol–water partition coefficient (Wildman–Crippen LogP) is 4.41. The third kappa shape index (κ3) is 4.23. The number of para-hydroxylation sites is 1. The zero-order chi connectivity index (χ0) is 22.5. The number of hydrogen-bond acceptors (Lipinski definition) is 5. The summed E-state index contributed by atoms with van der Waals surface area (Å²) in [6, 6.07) is 23.2. The molecule has 0 N–H and O–H groups in total. The highest BCUT2D eigenvalue weighted by Crippen LogP contribution is 2.31. The van der Waals surface area contributed by atoms with E-state index in [1.807, 2.05) is 36.4 Å². The quantitative estimate of drug-likeness (QED) is 0.262. The Labute approximate surface area is 185 Å². The van der Waals surface area contributed by atoms with Crippen molar-refractivity contribution in [2.75, 3.05) is 18.6 Å². The Morgan fingerprint density at radius 1 is 1.00 bits per heavy atom. The zero-order valence-corrected chi connectivity index (χ0v) is 17.4. The maximum Gasteiger partial charge on any atom is 0.343 e. The van der Waals surface area contributed by atoms with Crippen molar-refractivity contribution in [3.8, 4) is 17.6 Å². The van der Waals surface area contributed by atoms with Crippen LogP contribution in [-0.2, 0) is 11.2 Å². The van der Waals surface area contributed by atoms with E-state index in [0.717, 1.165) is 17.7 Å². The van der Waals surface area contributed by atoms with Gasteiger partial charge in [-0.05, 0) is 54.0 Å². The van der Waals surface area contributed by atoms with Crippen LogP contribution in [-0.4, -0.2) is 25.5 Å². The molecule has 0 saturated carbocycles. The number of esters is 1. The lowest BCUT2D eigenvalue weighted by Gasteiger charge is -2.16. The van der Waals surface area contributed by atoms with Crippen molar-refractivity contribution in [2.24, 2.45) is 0 Å². The van der Waals surface area contributed by atoms with Gasteiger partial charge in [0.25, 0.3) is 5.91 Å². The molecule has 0 aliphatic carbocycles. The van der Waals surface area contributed by atoms with Gasteiger partial charge in [0.15, 0.2) is 11.5 Å². The molecule has 0 saturated heterocycles. The normalized spacial score (nSPS) is 12.6. The van der Waals surface area contributed by atoms with Crippen molar-refractivity contribution in [1.29, 1.82) is 5.26 Å². The van der Waals surface area contributed by atoms with Crippen LogP contribution in [0.25, 0.3) is 6.08 Å². The molecular formula is C26H20N2O4. The second-order valence-corrected chi connectivity index (χ2v) is 7.17.